The number of rotatable bonds is 9. The van der Waals surface area contributed by atoms with Crippen LogP contribution in [0.15, 0.2) is 0 Å². The lowest BCUT2D eigenvalue weighted by atomic mass is 10.2. The highest BCUT2D eigenvalue weighted by Crippen LogP contribution is 1.97. The molecule has 98 valence electrons. The topological polar surface area (TPSA) is 49.4 Å². The molecule has 0 aromatic rings. The van der Waals surface area contributed by atoms with Crippen molar-refractivity contribution in [3.63, 3.8) is 0 Å². The van der Waals surface area contributed by atoms with Gasteiger partial charge in [-0.15, -0.1) is 11.6 Å². The van der Waals surface area contributed by atoms with Gasteiger partial charge in [-0.2, -0.15) is 0 Å². The van der Waals surface area contributed by atoms with Gasteiger partial charge in [-0.1, -0.05) is 0 Å². The summed E-state index contributed by atoms with van der Waals surface area (Å²) < 4.78 is 25.0. The van der Waals surface area contributed by atoms with E-state index >= 15 is 0 Å². The number of hydrogen-bond donors (Lipinski definition) is 1. The molecule has 16 heavy (non-hydrogen) atoms. The summed E-state index contributed by atoms with van der Waals surface area (Å²) in [4.78, 5) is 2.24. The Hall–Kier alpha value is 0.160. The van der Waals surface area contributed by atoms with Crippen LogP contribution in [0.5, 0.6) is 0 Å². The molecule has 0 radical (unpaired) electrons. The molecule has 1 N–H and O–H groups in total. The van der Waals surface area contributed by atoms with Crippen molar-refractivity contribution in [2.24, 2.45) is 0 Å². The van der Waals surface area contributed by atoms with Crippen LogP contribution in [0.25, 0.3) is 0 Å². The van der Waals surface area contributed by atoms with Gasteiger partial charge >= 0.3 is 0 Å². The van der Waals surface area contributed by atoms with Crippen LogP contribution in [-0.2, 0) is 10.0 Å². The Balaban J connectivity index is 3.54. The van der Waals surface area contributed by atoms with Crippen LogP contribution in [0, 0.1) is 0 Å². The second-order valence-corrected chi connectivity index (χ2v) is 6.49. The SMILES string of the molecule is CC(C)N(C)CCCCNS(=O)(=O)CCCl. The first-order valence-corrected chi connectivity index (χ1v) is 7.81. The van der Waals surface area contributed by atoms with Gasteiger partial charge in [0, 0.05) is 18.5 Å². The van der Waals surface area contributed by atoms with Crippen LogP contribution in [-0.4, -0.2) is 51.1 Å². The van der Waals surface area contributed by atoms with Gasteiger partial charge in [0.05, 0.1) is 5.75 Å². The third-order valence-electron chi connectivity index (χ3n) is 2.49. The number of alkyl halides is 1. The van der Waals surface area contributed by atoms with E-state index in [0.717, 1.165) is 19.4 Å². The molecule has 0 saturated carbocycles. The Kier molecular flexibility index (Phi) is 8.36. The molecule has 0 aliphatic rings. The molecule has 0 saturated heterocycles. The molecule has 0 spiro atoms. The first-order chi connectivity index (χ1) is 7.39. The van der Waals surface area contributed by atoms with Gasteiger partial charge in [0.2, 0.25) is 10.0 Å². The molecule has 0 bridgehead atoms. The molecule has 0 amide bonds. The smallest absolute Gasteiger partial charge is 0.212 e. The van der Waals surface area contributed by atoms with Gasteiger partial charge in [-0.25, -0.2) is 13.1 Å². The fraction of sp³-hybridized carbons (Fsp3) is 1.00. The van der Waals surface area contributed by atoms with Crippen molar-refractivity contribution in [1.29, 1.82) is 0 Å². The molecule has 0 aliphatic carbocycles. The first-order valence-electron chi connectivity index (χ1n) is 5.62. The van der Waals surface area contributed by atoms with Crippen LogP contribution in [0.2, 0.25) is 0 Å². The standard InChI is InChI=1S/C10H23ClN2O2S/c1-10(2)13(3)8-5-4-7-12-16(14,15)9-6-11/h10,12H,4-9H2,1-3H3. The third kappa shape index (κ3) is 8.33. The highest BCUT2D eigenvalue weighted by Gasteiger charge is 2.08. The maximum Gasteiger partial charge on any atom is 0.212 e. The Morgan fingerprint density at radius 1 is 1.31 bits per heavy atom. The van der Waals surface area contributed by atoms with E-state index in [0.29, 0.717) is 12.6 Å². The van der Waals surface area contributed by atoms with Crippen LogP contribution in [0.4, 0.5) is 0 Å². The summed E-state index contributed by atoms with van der Waals surface area (Å²) in [6.07, 6.45) is 1.86. The van der Waals surface area contributed by atoms with Crippen molar-refractivity contribution in [3.8, 4) is 0 Å². The Morgan fingerprint density at radius 2 is 1.94 bits per heavy atom. The van der Waals surface area contributed by atoms with E-state index in [1.165, 1.54) is 0 Å². The van der Waals surface area contributed by atoms with Crippen molar-refractivity contribution >= 4 is 21.6 Å². The average molecular weight is 271 g/mol. The quantitative estimate of drug-likeness (QED) is 0.507. The van der Waals surface area contributed by atoms with Crippen molar-refractivity contribution < 1.29 is 8.42 Å². The predicted octanol–water partition coefficient (Wildman–Crippen LogP) is 1.26. The monoisotopic (exact) mass is 270 g/mol. The number of unbranched alkanes of at least 4 members (excludes halogenated alkanes) is 1. The molecule has 0 heterocycles. The van der Waals surface area contributed by atoms with Crippen molar-refractivity contribution in [1.82, 2.24) is 9.62 Å². The Labute approximate surface area is 104 Å². The maximum atomic E-state index is 11.2. The van der Waals surface area contributed by atoms with E-state index in [9.17, 15) is 8.42 Å². The lowest BCUT2D eigenvalue weighted by Crippen LogP contribution is -2.30. The van der Waals surface area contributed by atoms with E-state index in [1.807, 2.05) is 0 Å². The Morgan fingerprint density at radius 3 is 2.44 bits per heavy atom. The molecule has 0 aromatic carbocycles. The minimum absolute atomic E-state index is 0.000449. The highest BCUT2D eigenvalue weighted by atomic mass is 35.5. The van der Waals surface area contributed by atoms with E-state index in [4.69, 9.17) is 11.6 Å². The molecule has 0 fully saturated rings. The van der Waals surface area contributed by atoms with E-state index in [2.05, 4.69) is 30.5 Å². The zero-order valence-corrected chi connectivity index (χ0v) is 11.9. The van der Waals surface area contributed by atoms with Crippen molar-refractivity contribution in [2.45, 2.75) is 32.7 Å². The van der Waals surface area contributed by atoms with Gasteiger partial charge in [-0.3, -0.25) is 0 Å². The number of nitrogens with zero attached hydrogens (tertiary/aromatic N) is 1. The first kappa shape index (κ1) is 16.2. The largest absolute Gasteiger partial charge is 0.304 e. The maximum absolute atomic E-state index is 11.2. The van der Waals surface area contributed by atoms with E-state index < -0.39 is 10.0 Å². The van der Waals surface area contributed by atoms with Crippen LogP contribution < -0.4 is 4.72 Å². The second kappa shape index (κ2) is 8.28. The van der Waals surface area contributed by atoms with Crippen LogP contribution >= 0.6 is 11.6 Å². The fourth-order valence-corrected chi connectivity index (χ4v) is 2.56. The molecule has 0 aromatic heterocycles. The molecular weight excluding hydrogens is 248 g/mol. The average Bonchev–Trinajstić information content (AvgIpc) is 2.16. The predicted molar refractivity (Wildman–Crippen MR) is 69.5 cm³/mol. The van der Waals surface area contributed by atoms with Crippen molar-refractivity contribution in [2.75, 3.05) is 31.8 Å². The van der Waals surface area contributed by atoms with Gasteiger partial charge < -0.3 is 4.90 Å². The van der Waals surface area contributed by atoms with Crippen LogP contribution in [0.1, 0.15) is 26.7 Å². The van der Waals surface area contributed by atoms with Crippen LogP contribution in [0.3, 0.4) is 0 Å². The zero-order chi connectivity index (χ0) is 12.6. The highest BCUT2D eigenvalue weighted by molar-refractivity contribution is 7.89. The minimum Gasteiger partial charge on any atom is -0.304 e. The summed E-state index contributed by atoms with van der Waals surface area (Å²) in [6.45, 7) is 5.78. The van der Waals surface area contributed by atoms with E-state index in [-0.39, 0.29) is 11.6 Å². The summed E-state index contributed by atoms with van der Waals surface area (Å²) >= 11 is 5.38. The number of halogens is 1. The van der Waals surface area contributed by atoms with E-state index in [1.54, 1.807) is 0 Å². The van der Waals surface area contributed by atoms with Gasteiger partial charge in [0.1, 0.15) is 0 Å². The molecule has 4 nitrogen and oxygen atoms in total. The number of sulfonamides is 1. The lowest BCUT2D eigenvalue weighted by Gasteiger charge is -2.20. The third-order valence-corrected chi connectivity index (χ3v) is 4.29. The zero-order valence-electron chi connectivity index (χ0n) is 10.4. The summed E-state index contributed by atoms with van der Waals surface area (Å²) in [7, 11) is -1.07. The van der Waals surface area contributed by atoms with Crippen molar-refractivity contribution in [3.05, 3.63) is 0 Å². The normalized spacial score (nSPS) is 12.6. The molecule has 0 aliphatic heterocycles. The minimum atomic E-state index is -3.14. The molecule has 0 atom stereocenters. The molecule has 0 rings (SSSR count). The Bertz CT molecular complexity index is 268. The van der Waals surface area contributed by atoms with Gasteiger partial charge in [0.15, 0.2) is 0 Å². The lowest BCUT2D eigenvalue weighted by molar-refractivity contribution is 0.268. The molecule has 0 unspecified atom stereocenters. The number of nitrogens with one attached hydrogen (secondary N) is 1. The molecular formula is C10H23ClN2O2S. The van der Waals surface area contributed by atoms with Gasteiger partial charge in [-0.05, 0) is 40.3 Å². The number of hydrogen-bond acceptors (Lipinski definition) is 3. The van der Waals surface area contributed by atoms with Gasteiger partial charge in [0.25, 0.3) is 0 Å². The summed E-state index contributed by atoms with van der Waals surface area (Å²) in [6, 6.07) is 0.535. The summed E-state index contributed by atoms with van der Waals surface area (Å²) in [5.41, 5.74) is 0. The summed E-state index contributed by atoms with van der Waals surface area (Å²) in [5, 5.41) is 0. The summed E-state index contributed by atoms with van der Waals surface area (Å²) in [5.74, 6) is 0.145. The second-order valence-electron chi connectivity index (χ2n) is 4.18. The molecule has 6 heteroatoms. The fourth-order valence-electron chi connectivity index (χ4n) is 1.15.